The molecule has 0 aromatic carbocycles. The fraction of sp³-hybridized carbons (Fsp3) is 1.00. The second-order valence-corrected chi connectivity index (χ2v) is 5.80. The molecule has 2 aliphatic heterocycles. The molecule has 19 heavy (non-hydrogen) atoms. The van der Waals surface area contributed by atoms with E-state index >= 15 is 0 Å². The maximum Gasteiger partial charge on any atom is 0.164 e. The van der Waals surface area contributed by atoms with Gasteiger partial charge >= 0.3 is 0 Å². The molecule has 3 unspecified atom stereocenters. The highest BCUT2D eigenvalue weighted by Gasteiger charge is 2.49. The maximum atomic E-state index is 8.75. The molecule has 0 radical (unpaired) electrons. The van der Waals surface area contributed by atoms with Crippen molar-refractivity contribution in [3.05, 3.63) is 0 Å². The van der Waals surface area contributed by atoms with E-state index in [-0.39, 0.29) is 24.9 Å². The summed E-state index contributed by atoms with van der Waals surface area (Å²) < 4.78 is 28.5. The van der Waals surface area contributed by atoms with E-state index in [1.54, 1.807) is 0 Å². The Morgan fingerprint density at radius 1 is 1.11 bits per heavy atom. The first-order chi connectivity index (χ1) is 8.83. The van der Waals surface area contributed by atoms with Crippen molar-refractivity contribution < 1.29 is 28.8 Å². The van der Waals surface area contributed by atoms with E-state index in [0.717, 1.165) is 0 Å². The van der Waals surface area contributed by atoms with Crippen LogP contribution in [0.2, 0.25) is 0 Å². The van der Waals surface area contributed by atoms with Gasteiger partial charge in [0.25, 0.3) is 0 Å². The summed E-state index contributed by atoms with van der Waals surface area (Å²) in [6.07, 6.45) is -0.612. The van der Waals surface area contributed by atoms with Crippen LogP contribution in [0.5, 0.6) is 0 Å². The summed E-state index contributed by atoms with van der Waals surface area (Å²) in [6.45, 7) is 8.64. The van der Waals surface area contributed by atoms with Crippen molar-refractivity contribution >= 4 is 0 Å². The molecular weight excluding hydrogens is 252 g/mol. The predicted octanol–water partition coefficient (Wildman–Crippen LogP) is 0.667. The van der Waals surface area contributed by atoms with E-state index < -0.39 is 11.6 Å². The zero-order valence-electron chi connectivity index (χ0n) is 12.0. The topological polar surface area (TPSA) is 66.4 Å². The summed E-state index contributed by atoms with van der Waals surface area (Å²) >= 11 is 0. The van der Waals surface area contributed by atoms with Crippen molar-refractivity contribution in [3.8, 4) is 0 Å². The summed E-state index contributed by atoms with van der Waals surface area (Å²) in [5, 5.41) is 8.75. The normalized spacial score (nSPS) is 36.8. The molecule has 0 aromatic heterocycles. The van der Waals surface area contributed by atoms with Crippen LogP contribution in [-0.4, -0.2) is 61.4 Å². The molecule has 6 heteroatoms. The molecule has 6 nitrogen and oxygen atoms in total. The van der Waals surface area contributed by atoms with Crippen molar-refractivity contribution in [3.63, 3.8) is 0 Å². The lowest BCUT2D eigenvalue weighted by Gasteiger charge is -2.23. The van der Waals surface area contributed by atoms with E-state index in [9.17, 15) is 0 Å². The molecule has 2 fully saturated rings. The molecule has 2 heterocycles. The lowest BCUT2D eigenvalue weighted by atomic mass is 10.1. The third-order valence-corrected chi connectivity index (χ3v) is 3.14. The van der Waals surface area contributed by atoms with Crippen LogP contribution in [0.1, 0.15) is 27.7 Å². The molecule has 0 bridgehead atoms. The third kappa shape index (κ3) is 3.87. The van der Waals surface area contributed by atoms with Crippen LogP contribution < -0.4 is 0 Å². The Labute approximate surface area is 113 Å². The number of aliphatic hydroxyl groups excluding tert-OH is 1. The van der Waals surface area contributed by atoms with Crippen LogP contribution in [0.4, 0.5) is 0 Å². The van der Waals surface area contributed by atoms with E-state index in [4.69, 9.17) is 28.8 Å². The smallest absolute Gasteiger partial charge is 0.164 e. The highest BCUT2D eigenvalue weighted by atomic mass is 16.8. The SMILES string of the molecule is CC1(C)OCC(C2OC(C)(C)OC2COCCO)O1. The number of hydrogen-bond acceptors (Lipinski definition) is 6. The number of aliphatic hydroxyl groups is 1. The molecule has 1 N–H and O–H groups in total. The molecule has 0 aromatic rings. The van der Waals surface area contributed by atoms with Crippen molar-refractivity contribution in [2.75, 3.05) is 26.4 Å². The van der Waals surface area contributed by atoms with Gasteiger partial charge in [0, 0.05) is 0 Å². The predicted molar refractivity (Wildman–Crippen MR) is 66.6 cm³/mol. The van der Waals surface area contributed by atoms with Crippen LogP contribution >= 0.6 is 0 Å². The van der Waals surface area contributed by atoms with Gasteiger partial charge in [-0.15, -0.1) is 0 Å². The van der Waals surface area contributed by atoms with Crippen molar-refractivity contribution in [2.45, 2.75) is 57.6 Å². The molecule has 2 rings (SSSR count). The molecule has 112 valence electrons. The minimum Gasteiger partial charge on any atom is -0.394 e. The van der Waals surface area contributed by atoms with Crippen LogP contribution in [0, 0.1) is 0 Å². The Morgan fingerprint density at radius 2 is 1.84 bits per heavy atom. The molecule has 0 aliphatic carbocycles. The lowest BCUT2D eigenvalue weighted by molar-refractivity contribution is -0.175. The molecule has 0 saturated carbocycles. The van der Waals surface area contributed by atoms with Crippen molar-refractivity contribution in [1.29, 1.82) is 0 Å². The Bertz CT molecular complexity index is 304. The van der Waals surface area contributed by atoms with Gasteiger partial charge < -0.3 is 28.8 Å². The Hall–Kier alpha value is -0.240. The van der Waals surface area contributed by atoms with Gasteiger partial charge in [0.1, 0.15) is 18.3 Å². The molecular formula is C13H24O6. The van der Waals surface area contributed by atoms with Crippen LogP contribution in [0.3, 0.4) is 0 Å². The maximum absolute atomic E-state index is 8.75. The average Bonchev–Trinajstić information content (AvgIpc) is 2.79. The van der Waals surface area contributed by atoms with Gasteiger partial charge in [-0.1, -0.05) is 0 Å². The summed E-state index contributed by atoms with van der Waals surface area (Å²) in [5.74, 6) is -1.24. The monoisotopic (exact) mass is 276 g/mol. The second kappa shape index (κ2) is 5.63. The van der Waals surface area contributed by atoms with Gasteiger partial charge in [-0.05, 0) is 27.7 Å². The van der Waals surface area contributed by atoms with Gasteiger partial charge in [0.2, 0.25) is 0 Å². The fourth-order valence-electron chi connectivity index (χ4n) is 2.45. The number of hydrogen-bond donors (Lipinski definition) is 1. The number of rotatable bonds is 5. The van der Waals surface area contributed by atoms with Gasteiger partial charge in [0.15, 0.2) is 11.6 Å². The fourth-order valence-corrected chi connectivity index (χ4v) is 2.45. The van der Waals surface area contributed by atoms with E-state index in [1.165, 1.54) is 0 Å². The highest BCUT2D eigenvalue weighted by Crippen LogP contribution is 2.35. The Morgan fingerprint density at radius 3 is 2.42 bits per heavy atom. The molecule has 3 atom stereocenters. The molecule has 0 amide bonds. The van der Waals surface area contributed by atoms with E-state index in [2.05, 4.69) is 0 Å². The summed E-state index contributed by atoms with van der Waals surface area (Å²) in [6, 6.07) is 0. The molecule has 2 aliphatic rings. The van der Waals surface area contributed by atoms with Crippen LogP contribution in [0.25, 0.3) is 0 Å². The summed E-state index contributed by atoms with van der Waals surface area (Å²) in [4.78, 5) is 0. The lowest BCUT2D eigenvalue weighted by Crippen LogP contribution is -2.40. The first kappa shape index (κ1) is 15.2. The minimum atomic E-state index is -0.659. The Balaban J connectivity index is 1.96. The first-order valence-corrected chi connectivity index (χ1v) is 6.69. The Kier molecular flexibility index (Phi) is 4.49. The average molecular weight is 276 g/mol. The summed E-state index contributed by atoms with van der Waals surface area (Å²) in [5.41, 5.74) is 0. The summed E-state index contributed by atoms with van der Waals surface area (Å²) in [7, 11) is 0. The number of ether oxygens (including phenoxy) is 5. The quantitative estimate of drug-likeness (QED) is 0.744. The molecule has 2 saturated heterocycles. The third-order valence-electron chi connectivity index (χ3n) is 3.14. The largest absolute Gasteiger partial charge is 0.394 e. The van der Waals surface area contributed by atoms with Crippen LogP contribution in [-0.2, 0) is 23.7 Å². The standard InChI is InChI=1S/C13H24O6/c1-12(2)16-8-10(17-12)11-9(7-15-6-5-14)18-13(3,4)19-11/h9-11,14H,5-8H2,1-4H3. The van der Waals surface area contributed by atoms with Gasteiger partial charge in [-0.2, -0.15) is 0 Å². The minimum absolute atomic E-state index is 0.00227. The van der Waals surface area contributed by atoms with E-state index in [0.29, 0.717) is 19.8 Å². The highest BCUT2D eigenvalue weighted by molar-refractivity contribution is 4.90. The molecule has 0 spiro atoms. The van der Waals surface area contributed by atoms with Crippen LogP contribution in [0.15, 0.2) is 0 Å². The first-order valence-electron chi connectivity index (χ1n) is 6.69. The zero-order chi connectivity index (χ0) is 14.1. The van der Waals surface area contributed by atoms with Crippen molar-refractivity contribution in [2.24, 2.45) is 0 Å². The second-order valence-electron chi connectivity index (χ2n) is 5.80. The van der Waals surface area contributed by atoms with E-state index in [1.807, 2.05) is 27.7 Å². The zero-order valence-corrected chi connectivity index (χ0v) is 12.0. The van der Waals surface area contributed by atoms with Gasteiger partial charge in [0.05, 0.1) is 26.4 Å². The van der Waals surface area contributed by atoms with Gasteiger partial charge in [-0.25, -0.2) is 0 Å². The van der Waals surface area contributed by atoms with Gasteiger partial charge in [-0.3, -0.25) is 0 Å². The van der Waals surface area contributed by atoms with Crippen molar-refractivity contribution in [1.82, 2.24) is 0 Å².